The Labute approximate surface area is 128 Å². The fourth-order valence-corrected chi connectivity index (χ4v) is 3.04. The quantitative estimate of drug-likeness (QED) is 0.836. The van der Waals surface area contributed by atoms with Crippen molar-refractivity contribution >= 4 is 5.91 Å². The number of carbonyl (C=O) groups excluding carboxylic acids is 1. The summed E-state index contributed by atoms with van der Waals surface area (Å²) >= 11 is 0. The minimum Gasteiger partial charge on any atom is -0.355 e. The molecule has 0 spiro atoms. The summed E-state index contributed by atoms with van der Waals surface area (Å²) in [5.74, 6) is 0.137. The Morgan fingerprint density at radius 1 is 1.14 bits per heavy atom. The minimum absolute atomic E-state index is 0.137. The minimum atomic E-state index is 0.137. The number of aryl methyl sites for hydroxylation is 2. The molecule has 0 aliphatic heterocycles. The van der Waals surface area contributed by atoms with E-state index in [1.807, 2.05) is 0 Å². The molecule has 0 saturated heterocycles. The van der Waals surface area contributed by atoms with E-state index >= 15 is 0 Å². The van der Waals surface area contributed by atoms with E-state index in [1.54, 1.807) is 0 Å². The molecule has 0 unspecified atom stereocenters. The van der Waals surface area contributed by atoms with Gasteiger partial charge in [0.05, 0.1) is 6.42 Å². The molecule has 116 valence electrons. The van der Waals surface area contributed by atoms with Gasteiger partial charge in [0.25, 0.3) is 0 Å². The second-order valence-electron chi connectivity index (χ2n) is 5.86. The highest BCUT2D eigenvalue weighted by Gasteiger charge is 2.11. The van der Waals surface area contributed by atoms with Gasteiger partial charge in [-0.1, -0.05) is 32.0 Å². The summed E-state index contributed by atoms with van der Waals surface area (Å²) in [7, 11) is 0. The number of nitrogens with one attached hydrogen (secondary N) is 1. The van der Waals surface area contributed by atoms with E-state index in [-0.39, 0.29) is 5.91 Å². The molecular formula is C18H28N2O. The van der Waals surface area contributed by atoms with Crippen molar-refractivity contribution in [3.05, 3.63) is 34.9 Å². The van der Waals surface area contributed by atoms with E-state index in [0.29, 0.717) is 6.42 Å². The van der Waals surface area contributed by atoms with Crippen molar-refractivity contribution < 1.29 is 4.79 Å². The van der Waals surface area contributed by atoms with Gasteiger partial charge >= 0.3 is 0 Å². The van der Waals surface area contributed by atoms with Gasteiger partial charge in [0, 0.05) is 13.1 Å². The summed E-state index contributed by atoms with van der Waals surface area (Å²) in [5, 5.41) is 3.03. The number of benzene rings is 1. The number of nitrogens with zero attached hydrogens (tertiary/aromatic N) is 1. The predicted molar refractivity (Wildman–Crippen MR) is 87.6 cm³/mol. The van der Waals surface area contributed by atoms with Crippen LogP contribution in [0.3, 0.4) is 0 Å². The van der Waals surface area contributed by atoms with Crippen LogP contribution in [-0.4, -0.2) is 37.0 Å². The van der Waals surface area contributed by atoms with Gasteiger partial charge < -0.3 is 10.2 Å². The monoisotopic (exact) mass is 288 g/mol. The Bertz CT molecular complexity index is 466. The standard InChI is InChI=1S/C18H28N2O/c1-3-20(4-2)12-11-19-18(21)14-15-9-10-16-7-5-6-8-17(16)13-15/h9-10,13H,3-8,11-12,14H2,1-2H3,(H,19,21). The maximum Gasteiger partial charge on any atom is 0.224 e. The summed E-state index contributed by atoms with van der Waals surface area (Å²) in [6, 6.07) is 6.57. The third-order valence-electron chi connectivity index (χ3n) is 4.42. The number of rotatable bonds is 7. The zero-order chi connectivity index (χ0) is 15.1. The number of fused-ring (bicyclic) bond motifs is 1. The molecule has 0 saturated carbocycles. The zero-order valence-corrected chi connectivity index (χ0v) is 13.5. The summed E-state index contributed by atoms with van der Waals surface area (Å²) in [6.45, 7) is 8.06. The molecule has 0 heterocycles. The van der Waals surface area contributed by atoms with E-state index in [1.165, 1.54) is 36.8 Å². The first-order chi connectivity index (χ1) is 10.2. The van der Waals surface area contributed by atoms with Crippen LogP contribution in [0.2, 0.25) is 0 Å². The number of carbonyl (C=O) groups is 1. The molecule has 1 aromatic rings. The number of hydrogen-bond donors (Lipinski definition) is 1. The van der Waals surface area contributed by atoms with Crippen LogP contribution < -0.4 is 5.32 Å². The third-order valence-corrected chi connectivity index (χ3v) is 4.42. The first kappa shape index (κ1) is 16.0. The van der Waals surface area contributed by atoms with Crippen LogP contribution in [0.25, 0.3) is 0 Å². The molecule has 0 fully saturated rings. The number of likely N-dealkylation sites (N-methyl/N-ethyl adjacent to an activating group) is 1. The van der Waals surface area contributed by atoms with Crippen LogP contribution in [0.4, 0.5) is 0 Å². The molecule has 1 aliphatic carbocycles. The maximum atomic E-state index is 12.0. The lowest BCUT2D eigenvalue weighted by molar-refractivity contribution is -0.120. The summed E-state index contributed by atoms with van der Waals surface area (Å²) in [6.07, 6.45) is 5.47. The maximum absolute atomic E-state index is 12.0. The molecule has 3 heteroatoms. The topological polar surface area (TPSA) is 32.3 Å². The lowest BCUT2D eigenvalue weighted by atomic mass is 9.90. The first-order valence-corrected chi connectivity index (χ1v) is 8.32. The van der Waals surface area contributed by atoms with Gasteiger partial charge in [-0.25, -0.2) is 0 Å². The molecule has 21 heavy (non-hydrogen) atoms. The summed E-state index contributed by atoms with van der Waals surface area (Å²) in [4.78, 5) is 14.3. The van der Waals surface area contributed by atoms with Crippen LogP contribution in [0.15, 0.2) is 18.2 Å². The number of amides is 1. The fraction of sp³-hybridized carbons (Fsp3) is 0.611. The van der Waals surface area contributed by atoms with E-state index in [2.05, 4.69) is 42.3 Å². The van der Waals surface area contributed by atoms with Gasteiger partial charge in [0.15, 0.2) is 0 Å². The highest BCUT2D eigenvalue weighted by atomic mass is 16.1. The predicted octanol–water partition coefficient (Wildman–Crippen LogP) is 2.57. The fourth-order valence-electron chi connectivity index (χ4n) is 3.04. The van der Waals surface area contributed by atoms with Crippen LogP contribution in [0.5, 0.6) is 0 Å². The van der Waals surface area contributed by atoms with Crippen LogP contribution in [-0.2, 0) is 24.1 Å². The van der Waals surface area contributed by atoms with Crippen LogP contribution in [0.1, 0.15) is 43.4 Å². The lowest BCUT2D eigenvalue weighted by Gasteiger charge is -2.18. The molecule has 1 aromatic carbocycles. The molecular weight excluding hydrogens is 260 g/mol. The van der Waals surface area contributed by atoms with Crippen LogP contribution >= 0.6 is 0 Å². The van der Waals surface area contributed by atoms with Gasteiger partial charge in [0.1, 0.15) is 0 Å². The molecule has 1 N–H and O–H groups in total. The van der Waals surface area contributed by atoms with Crippen molar-refractivity contribution in [1.29, 1.82) is 0 Å². The average molecular weight is 288 g/mol. The van der Waals surface area contributed by atoms with Gasteiger partial charge in [0.2, 0.25) is 5.91 Å². The molecule has 1 amide bonds. The smallest absolute Gasteiger partial charge is 0.224 e. The molecule has 0 atom stereocenters. The van der Waals surface area contributed by atoms with Crippen molar-refractivity contribution in [2.75, 3.05) is 26.2 Å². The Balaban J connectivity index is 1.80. The molecule has 0 radical (unpaired) electrons. The average Bonchev–Trinajstić information content (AvgIpc) is 2.51. The highest BCUT2D eigenvalue weighted by Crippen LogP contribution is 2.22. The van der Waals surface area contributed by atoms with Gasteiger partial charge in [-0.3, -0.25) is 4.79 Å². The van der Waals surface area contributed by atoms with Crippen molar-refractivity contribution in [2.24, 2.45) is 0 Å². The van der Waals surface area contributed by atoms with Crippen molar-refractivity contribution in [2.45, 2.75) is 46.0 Å². The molecule has 2 rings (SSSR count). The Kier molecular flexibility index (Phi) is 6.24. The van der Waals surface area contributed by atoms with E-state index in [4.69, 9.17) is 0 Å². The summed E-state index contributed by atoms with van der Waals surface area (Å²) < 4.78 is 0. The van der Waals surface area contributed by atoms with Gasteiger partial charge in [-0.05, 0) is 55.5 Å². The highest BCUT2D eigenvalue weighted by molar-refractivity contribution is 5.78. The molecule has 0 bridgehead atoms. The van der Waals surface area contributed by atoms with E-state index in [9.17, 15) is 4.79 Å². The second-order valence-corrected chi connectivity index (χ2v) is 5.86. The summed E-state index contributed by atoms with van der Waals surface area (Å²) in [5.41, 5.74) is 4.08. The first-order valence-electron chi connectivity index (χ1n) is 8.32. The van der Waals surface area contributed by atoms with Crippen LogP contribution in [0, 0.1) is 0 Å². The third kappa shape index (κ3) is 4.85. The van der Waals surface area contributed by atoms with Gasteiger partial charge in [-0.2, -0.15) is 0 Å². The SMILES string of the molecule is CCN(CC)CCNC(=O)Cc1ccc2c(c1)CCCC2. The Hall–Kier alpha value is -1.35. The Morgan fingerprint density at radius 2 is 1.86 bits per heavy atom. The van der Waals surface area contributed by atoms with E-state index in [0.717, 1.165) is 31.7 Å². The van der Waals surface area contributed by atoms with Crippen molar-refractivity contribution in [1.82, 2.24) is 10.2 Å². The number of hydrogen-bond acceptors (Lipinski definition) is 2. The van der Waals surface area contributed by atoms with Gasteiger partial charge in [-0.15, -0.1) is 0 Å². The molecule has 3 nitrogen and oxygen atoms in total. The Morgan fingerprint density at radius 3 is 2.57 bits per heavy atom. The molecule has 1 aliphatic rings. The largest absolute Gasteiger partial charge is 0.355 e. The second kappa shape index (κ2) is 8.18. The van der Waals surface area contributed by atoms with Crippen molar-refractivity contribution in [3.8, 4) is 0 Å². The normalized spacial score (nSPS) is 14.0. The zero-order valence-electron chi connectivity index (χ0n) is 13.5. The lowest BCUT2D eigenvalue weighted by Crippen LogP contribution is -2.35. The van der Waals surface area contributed by atoms with E-state index < -0.39 is 0 Å². The van der Waals surface area contributed by atoms with Crippen molar-refractivity contribution in [3.63, 3.8) is 0 Å². The molecule has 0 aromatic heterocycles.